The van der Waals surface area contributed by atoms with Crippen LogP contribution in [0, 0.1) is 6.92 Å². The molecule has 4 aromatic rings. The number of anilines is 1. The zero-order valence-corrected chi connectivity index (χ0v) is 19.7. The standard InChI is InChI=1S/C28H26N2O3S/c1-22-17-19-25(20-18-22)30(34(32,33)26-15-9-4-10-16-26)21-27(31)29-28(23-11-5-2-6-12-23)24-13-7-3-8-14-24/h2-20,28H,21H2,1H3,(H,29,31). The molecule has 0 aliphatic rings. The van der Waals surface area contributed by atoms with E-state index in [2.05, 4.69) is 5.32 Å². The highest BCUT2D eigenvalue weighted by Crippen LogP contribution is 2.25. The number of nitrogens with zero attached hydrogens (tertiary/aromatic N) is 1. The fourth-order valence-corrected chi connectivity index (χ4v) is 5.17. The highest BCUT2D eigenvalue weighted by molar-refractivity contribution is 7.92. The number of rotatable bonds is 8. The highest BCUT2D eigenvalue weighted by Gasteiger charge is 2.28. The number of carbonyl (C=O) groups is 1. The molecule has 0 heterocycles. The molecule has 172 valence electrons. The van der Waals surface area contributed by atoms with Crippen molar-refractivity contribution in [3.63, 3.8) is 0 Å². The number of hydrogen-bond acceptors (Lipinski definition) is 3. The van der Waals surface area contributed by atoms with Gasteiger partial charge in [-0.1, -0.05) is 96.6 Å². The minimum atomic E-state index is -3.95. The van der Waals surface area contributed by atoms with Gasteiger partial charge in [0.15, 0.2) is 0 Å². The van der Waals surface area contributed by atoms with Gasteiger partial charge in [0, 0.05) is 0 Å². The van der Waals surface area contributed by atoms with Gasteiger partial charge in [0.25, 0.3) is 10.0 Å². The minimum absolute atomic E-state index is 0.131. The van der Waals surface area contributed by atoms with Crippen molar-refractivity contribution in [3.8, 4) is 0 Å². The molecule has 34 heavy (non-hydrogen) atoms. The normalized spacial score (nSPS) is 11.2. The van der Waals surface area contributed by atoms with Crippen LogP contribution in [-0.2, 0) is 14.8 Å². The molecule has 0 unspecified atom stereocenters. The second-order valence-electron chi connectivity index (χ2n) is 7.98. The number of amides is 1. The first kappa shape index (κ1) is 23.3. The van der Waals surface area contributed by atoms with E-state index in [1.165, 1.54) is 12.1 Å². The number of aryl methyl sites for hydroxylation is 1. The Morgan fingerprint density at radius 3 is 1.71 bits per heavy atom. The Kier molecular flexibility index (Phi) is 7.09. The lowest BCUT2D eigenvalue weighted by molar-refractivity contribution is -0.120. The second kappa shape index (κ2) is 10.4. The molecular formula is C28H26N2O3S. The van der Waals surface area contributed by atoms with Gasteiger partial charge >= 0.3 is 0 Å². The topological polar surface area (TPSA) is 66.5 Å². The maximum absolute atomic E-state index is 13.5. The van der Waals surface area contributed by atoms with Gasteiger partial charge in [-0.25, -0.2) is 8.42 Å². The van der Waals surface area contributed by atoms with Gasteiger partial charge in [0.05, 0.1) is 16.6 Å². The first-order valence-corrected chi connectivity index (χ1v) is 12.4. The molecule has 0 bridgehead atoms. The average molecular weight is 471 g/mol. The molecule has 1 N–H and O–H groups in total. The van der Waals surface area contributed by atoms with E-state index in [0.29, 0.717) is 5.69 Å². The fraction of sp³-hybridized carbons (Fsp3) is 0.107. The molecular weight excluding hydrogens is 444 g/mol. The zero-order chi connectivity index (χ0) is 24.0. The Balaban J connectivity index is 1.67. The first-order chi connectivity index (χ1) is 16.4. The summed E-state index contributed by atoms with van der Waals surface area (Å²) in [6.45, 7) is 1.58. The van der Waals surface area contributed by atoms with Crippen molar-refractivity contribution >= 4 is 21.6 Å². The molecule has 0 spiro atoms. The zero-order valence-electron chi connectivity index (χ0n) is 18.8. The lowest BCUT2D eigenvalue weighted by Crippen LogP contribution is -2.42. The number of sulfonamides is 1. The number of benzene rings is 4. The summed E-state index contributed by atoms with van der Waals surface area (Å²) >= 11 is 0. The lowest BCUT2D eigenvalue weighted by atomic mass is 9.99. The largest absolute Gasteiger partial charge is 0.344 e. The Morgan fingerprint density at radius 1 is 0.735 bits per heavy atom. The van der Waals surface area contributed by atoms with E-state index in [4.69, 9.17) is 0 Å². The van der Waals surface area contributed by atoms with Crippen molar-refractivity contribution in [1.29, 1.82) is 0 Å². The monoisotopic (exact) mass is 470 g/mol. The first-order valence-electron chi connectivity index (χ1n) is 11.0. The average Bonchev–Trinajstić information content (AvgIpc) is 2.88. The van der Waals surface area contributed by atoms with Gasteiger partial charge in [0.2, 0.25) is 5.91 Å². The summed E-state index contributed by atoms with van der Waals surface area (Å²) in [5, 5.41) is 3.04. The Labute approximate surface area is 200 Å². The SMILES string of the molecule is Cc1ccc(N(CC(=O)NC(c2ccccc2)c2ccccc2)S(=O)(=O)c2ccccc2)cc1. The number of carbonyl (C=O) groups excluding carboxylic acids is 1. The summed E-state index contributed by atoms with van der Waals surface area (Å²) in [7, 11) is -3.95. The summed E-state index contributed by atoms with van der Waals surface area (Å²) < 4.78 is 28.2. The summed E-state index contributed by atoms with van der Waals surface area (Å²) in [6.07, 6.45) is 0. The van der Waals surface area contributed by atoms with Crippen molar-refractivity contribution in [2.45, 2.75) is 17.9 Å². The van der Waals surface area contributed by atoms with Crippen molar-refractivity contribution in [2.75, 3.05) is 10.8 Å². The lowest BCUT2D eigenvalue weighted by Gasteiger charge is -2.26. The molecule has 0 atom stereocenters. The van der Waals surface area contributed by atoms with Crippen LogP contribution in [0.3, 0.4) is 0 Å². The summed E-state index contributed by atoms with van der Waals surface area (Å²) in [5.41, 5.74) is 3.25. The molecule has 0 radical (unpaired) electrons. The van der Waals surface area contributed by atoms with E-state index < -0.39 is 22.0 Å². The van der Waals surface area contributed by atoms with Crippen molar-refractivity contribution in [2.24, 2.45) is 0 Å². The van der Waals surface area contributed by atoms with Gasteiger partial charge in [-0.3, -0.25) is 9.10 Å². The van der Waals surface area contributed by atoms with Crippen LogP contribution in [0.15, 0.2) is 120 Å². The molecule has 0 saturated heterocycles. The maximum atomic E-state index is 13.5. The van der Waals surface area contributed by atoms with Gasteiger partial charge in [-0.05, 0) is 42.3 Å². The second-order valence-corrected chi connectivity index (χ2v) is 9.84. The Hall–Kier alpha value is -3.90. The molecule has 5 nitrogen and oxygen atoms in total. The van der Waals surface area contributed by atoms with E-state index in [1.54, 1.807) is 30.3 Å². The molecule has 1 amide bonds. The summed E-state index contributed by atoms with van der Waals surface area (Å²) in [6, 6.07) is 34.1. The smallest absolute Gasteiger partial charge is 0.264 e. The molecule has 0 fully saturated rings. The third-order valence-electron chi connectivity index (χ3n) is 5.51. The molecule has 4 aromatic carbocycles. The molecule has 0 aliphatic carbocycles. The summed E-state index contributed by atoms with van der Waals surface area (Å²) in [5.74, 6) is -0.405. The van der Waals surface area contributed by atoms with Crippen LogP contribution in [0.4, 0.5) is 5.69 Å². The van der Waals surface area contributed by atoms with Crippen LogP contribution in [0.1, 0.15) is 22.7 Å². The van der Waals surface area contributed by atoms with E-state index >= 15 is 0 Å². The Morgan fingerprint density at radius 2 is 1.21 bits per heavy atom. The minimum Gasteiger partial charge on any atom is -0.344 e. The van der Waals surface area contributed by atoms with Crippen molar-refractivity contribution in [1.82, 2.24) is 5.32 Å². The van der Waals surface area contributed by atoms with Gasteiger partial charge in [-0.2, -0.15) is 0 Å². The van der Waals surface area contributed by atoms with Crippen LogP contribution in [0.5, 0.6) is 0 Å². The molecule has 0 saturated carbocycles. The van der Waals surface area contributed by atoms with E-state index in [1.807, 2.05) is 79.7 Å². The maximum Gasteiger partial charge on any atom is 0.264 e. The fourth-order valence-electron chi connectivity index (χ4n) is 3.73. The van der Waals surface area contributed by atoms with Gasteiger partial charge in [0.1, 0.15) is 6.54 Å². The van der Waals surface area contributed by atoms with E-state index in [-0.39, 0.29) is 11.4 Å². The van der Waals surface area contributed by atoms with Crippen molar-refractivity contribution < 1.29 is 13.2 Å². The van der Waals surface area contributed by atoms with E-state index in [9.17, 15) is 13.2 Å². The number of hydrogen-bond donors (Lipinski definition) is 1. The predicted molar refractivity (Wildman–Crippen MR) is 135 cm³/mol. The van der Waals surface area contributed by atoms with Crippen LogP contribution in [0.25, 0.3) is 0 Å². The number of nitrogens with one attached hydrogen (secondary N) is 1. The molecule has 0 aliphatic heterocycles. The quantitative estimate of drug-likeness (QED) is 0.390. The third kappa shape index (κ3) is 5.35. The van der Waals surface area contributed by atoms with Crippen molar-refractivity contribution in [3.05, 3.63) is 132 Å². The van der Waals surface area contributed by atoms with Gasteiger partial charge < -0.3 is 5.32 Å². The van der Waals surface area contributed by atoms with Gasteiger partial charge in [-0.15, -0.1) is 0 Å². The van der Waals surface area contributed by atoms with Crippen LogP contribution >= 0.6 is 0 Å². The highest BCUT2D eigenvalue weighted by atomic mass is 32.2. The molecule has 0 aromatic heterocycles. The van der Waals surface area contributed by atoms with E-state index in [0.717, 1.165) is 21.0 Å². The van der Waals surface area contributed by atoms with Crippen LogP contribution < -0.4 is 9.62 Å². The molecule has 6 heteroatoms. The molecule has 4 rings (SSSR count). The Bertz CT molecular complexity index is 1290. The third-order valence-corrected chi connectivity index (χ3v) is 7.30. The summed E-state index contributed by atoms with van der Waals surface area (Å²) in [4.78, 5) is 13.4. The predicted octanol–water partition coefficient (Wildman–Crippen LogP) is 5.10. The van der Waals surface area contributed by atoms with Crippen LogP contribution in [0.2, 0.25) is 0 Å². The van der Waals surface area contributed by atoms with Crippen LogP contribution in [-0.4, -0.2) is 20.9 Å².